The number of para-hydroxylation sites is 1. The number of phenolic OH excluding ortho intramolecular Hbond substituents is 1. The molecular weight excluding hydrogens is 320 g/mol. The van der Waals surface area contributed by atoms with Crippen LogP contribution in [0.4, 0.5) is 0 Å². The maximum absolute atomic E-state index is 11.8. The number of phenols is 1. The lowest BCUT2D eigenvalue weighted by molar-refractivity contribution is -0.134. The van der Waals surface area contributed by atoms with E-state index in [4.69, 9.17) is 9.29 Å². The monoisotopic (exact) mass is 344 g/mol. The van der Waals surface area contributed by atoms with Crippen molar-refractivity contribution in [2.75, 3.05) is 0 Å². The molecule has 1 aromatic rings. The van der Waals surface area contributed by atoms with Crippen LogP contribution in [0.2, 0.25) is 0 Å². The van der Waals surface area contributed by atoms with Gasteiger partial charge < -0.3 is 9.84 Å². The van der Waals surface area contributed by atoms with Crippen molar-refractivity contribution in [1.29, 1.82) is 0 Å². The molecular formula is C16H24O6S. The summed E-state index contributed by atoms with van der Waals surface area (Å²) in [6, 6.07) is 3.49. The Morgan fingerprint density at radius 1 is 1.09 bits per heavy atom. The van der Waals surface area contributed by atoms with Gasteiger partial charge in [0.1, 0.15) is 4.90 Å². The van der Waals surface area contributed by atoms with Gasteiger partial charge in [0, 0.05) is 6.42 Å². The Hall–Kier alpha value is -1.60. The fraction of sp³-hybridized carbons (Fsp3) is 0.562. The van der Waals surface area contributed by atoms with E-state index in [9.17, 15) is 18.3 Å². The number of rotatable bonds is 10. The van der Waals surface area contributed by atoms with Crippen LogP contribution in [0.15, 0.2) is 23.1 Å². The number of esters is 1. The molecule has 0 atom stereocenters. The number of aromatic hydroxyl groups is 1. The molecule has 1 aromatic carbocycles. The van der Waals surface area contributed by atoms with Gasteiger partial charge in [-0.3, -0.25) is 9.35 Å². The average molecular weight is 344 g/mol. The van der Waals surface area contributed by atoms with Gasteiger partial charge in [-0.15, -0.1) is 0 Å². The van der Waals surface area contributed by atoms with E-state index in [0.29, 0.717) is 6.42 Å². The molecule has 0 saturated carbocycles. The van der Waals surface area contributed by atoms with E-state index in [1.807, 2.05) is 0 Å². The van der Waals surface area contributed by atoms with Crippen molar-refractivity contribution < 1.29 is 27.6 Å². The van der Waals surface area contributed by atoms with Crippen LogP contribution >= 0.6 is 0 Å². The number of hydrogen-bond donors (Lipinski definition) is 2. The van der Waals surface area contributed by atoms with Gasteiger partial charge >= 0.3 is 5.97 Å². The average Bonchev–Trinajstić information content (AvgIpc) is 2.47. The number of benzene rings is 1. The molecule has 0 fully saturated rings. The summed E-state index contributed by atoms with van der Waals surface area (Å²) in [7, 11) is -4.58. The maximum Gasteiger partial charge on any atom is 0.311 e. The second kappa shape index (κ2) is 9.52. The second-order valence-corrected chi connectivity index (χ2v) is 6.81. The first kappa shape index (κ1) is 19.4. The Kier molecular flexibility index (Phi) is 8.05. The third kappa shape index (κ3) is 7.00. The largest absolute Gasteiger partial charge is 0.504 e. The third-order valence-electron chi connectivity index (χ3n) is 3.44. The highest BCUT2D eigenvalue weighted by Crippen LogP contribution is 2.33. The summed E-state index contributed by atoms with van der Waals surface area (Å²) < 4.78 is 36.5. The molecule has 0 saturated heterocycles. The van der Waals surface area contributed by atoms with Crippen molar-refractivity contribution in [2.24, 2.45) is 0 Å². The fourth-order valence-corrected chi connectivity index (χ4v) is 2.83. The highest BCUT2D eigenvalue weighted by molar-refractivity contribution is 7.86. The minimum Gasteiger partial charge on any atom is -0.504 e. The number of unbranched alkanes of at least 4 members (excludes halogenated alkanes) is 6. The van der Waals surface area contributed by atoms with Gasteiger partial charge in [0.05, 0.1) is 0 Å². The predicted octanol–water partition coefficient (Wildman–Crippen LogP) is 3.69. The Labute approximate surface area is 137 Å². The Bertz CT molecular complexity index is 609. The standard InChI is InChI=1S/C16H24O6S/c1-2-3-4-5-6-7-8-12-15(18)22-16-13(17)10-9-11-14(16)23(19,20)21/h9-11,17H,2-8,12H2,1H3,(H,19,20,21). The first-order valence-electron chi connectivity index (χ1n) is 7.86. The van der Waals surface area contributed by atoms with Crippen LogP contribution in [-0.4, -0.2) is 24.0 Å². The van der Waals surface area contributed by atoms with Crippen molar-refractivity contribution in [1.82, 2.24) is 0 Å². The lowest BCUT2D eigenvalue weighted by Crippen LogP contribution is -2.11. The van der Waals surface area contributed by atoms with E-state index in [1.54, 1.807) is 0 Å². The lowest BCUT2D eigenvalue weighted by atomic mass is 10.1. The number of ether oxygens (including phenoxy) is 1. The SMILES string of the molecule is CCCCCCCCCC(=O)Oc1c(O)cccc1S(=O)(=O)O. The van der Waals surface area contributed by atoms with Crippen molar-refractivity contribution in [3.8, 4) is 11.5 Å². The summed E-state index contributed by atoms with van der Waals surface area (Å²) in [6.07, 6.45) is 7.43. The van der Waals surface area contributed by atoms with Gasteiger partial charge in [-0.25, -0.2) is 0 Å². The summed E-state index contributed by atoms with van der Waals surface area (Å²) in [5.41, 5.74) is 0. The Morgan fingerprint density at radius 3 is 2.30 bits per heavy atom. The van der Waals surface area contributed by atoms with Crippen LogP contribution < -0.4 is 4.74 Å². The normalized spacial score (nSPS) is 11.4. The molecule has 0 bridgehead atoms. The summed E-state index contributed by atoms with van der Waals surface area (Å²) in [5, 5.41) is 9.64. The van der Waals surface area contributed by atoms with Crippen LogP contribution in [0, 0.1) is 0 Å². The highest BCUT2D eigenvalue weighted by atomic mass is 32.2. The van der Waals surface area contributed by atoms with Crippen LogP contribution in [0.5, 0.6) is 11.5 Å². The molecule has 6 nitrogen and oxygen atoms in total. The van der Waals surface area contributed by atoms with E-state index >= 15 is 0 Å². The molecule has 0 radical (unpaired) electrons. The lowest BCUT2D eigenvalue weighted by Gasteiger charge is -2.09. The van der Waals surface area contributed by atoms with Crippen LogP contribution in [0.3, 0.4) is 0 Å². The molecule has 0 aliphatic carbocycles. The molecule has 0 heterocycles. The molecule has 0 unspecified atom stereocenters. The minimum absolute atomic E-state index is 0.132. The molecule has 130 valence electrons. The van der Waals surface area contributed by atoms with Gasteiger partial charge in [0.15, 0.2) is 11.5 Å². The molecule has 1 rings (SSSR count). The molecule has 0 aliphatic heterocycles. The minimum atomic E-state index is -4.58. The Balaban J connectivity index is 2.49. The highest BCUT2D eigenvalue weighted by Gasteiger charge is 2.22. The van der Waals surface area contributed by atoms with E-state index in [2.05, 4.69) is 6.92 Å². The maximum atomic E-state index is 11.8. The molecule has 0 aromatic heterocycles. The Morgan fingerprint density at radius 2 is 1.70 bits per heavy atom. The molecule has 0 aliphatic rings. The number of carbonyl (C=O) groups excluding carboxylic acids is 1. The molecule has 7 heteroatoms. The van der Waals surface area contributed by atoms with E-state index in [-0.39, 0.29) is 6.42 Å². The van der Waals surface area contributed by atoms with Gasteiger partial charge in [-0.2, -0.15) is 8.42 Å². The summed E-state index contributed by atoms with van der Waals surface area (Å²) in [6.45, 7) is 2.15. The molecule has 2 N–H and O–H groups in total. The third-order valence-corrected chi connectivity index (χ3v) is 4.31. The summed E-state index contributed by atoms with van der Waals surface area (Å²) in [5.74, 6) is -1.67. The zero-order chi connectivity index (χ0) is 17.3. The van der Waals surface area contributed by atoms with Gasteiger partial charge in [-0.05, 0) is 18.6 Å². The number of hydrogen-bond acceptors (Lipinski definition) is 5. The van der Waals surface area contributed by atoms with Crippen molar-refractivity contribution >= 4 is 16.1 Å². The molecule has 23 heavy (non-hydrogen) atoms. The van der Waals surface area contributed by atoms with Crippen molar-refractivity contribution in [3.05, 3.63) is 18.2 Å². The van der Waals surface area contributed by atoms with Crippen LogP contribution in [0.1, 0.15) is 58.3 Å². The van der Waals surface area contributed by atoms with Crippen molar-refractivity contribution in [2.45, 2.75) is 63.2 Å². The first-order valence-corrected chi connectivity index (χ1v) is 9.30. The van der Waals surface area contributed by atoms with E-state index in [0.717, 1.165) is 25.3 Å². The van der Waals surface area contributed by atoms with Gasteiger partial charge in [0.25, 0.3) is 10.1 Å². The zero-order valence-electron chi connectivity index (χ0n) is 13.3. The van der Waals surface area contributed by atoms with Gasteiger partial charge in [0.2, 0.25) is 0 Å². The smallest absolute Gasteiger partial charge is 0.311 e. The van der Waals surface area contributed by atoms with Crippen LogP contribution in [-0.2, 0) is 14.9 Å². The topological polar surface area (TPSA) is 101 Å². The number of carbonyl (C=O) groups is 1. The fourth-order valence-electron chi connectivity index (χ4n) is 2.20. The molecule has 0 spiro atoms. The molecule has 0 amide bonds. The zero-order valence-corrected chi connectivity index (χ0v) is 14.1. The summed E-state index contributed by atoms with van der Waals surface area (Å²) in [4.78, 5) is 11.1. The second-order valence-electron chi connectivity index (χ2n) is 5.42. The van der Waals surface area contributed by atoms with Gasteiger partial charge in [-0.1, -0.05) is 51.5 Å². The first-order chi connectivity index (χ1) is 10.9. The van der Waals surface area contributed by atoms with E-state index in [1.165, 1.54) is 31.4 Å². The van der Waals surface area contributed by atoms with Crippen molar-refractivity contribution in [3.63, 3.8) is 0 Å². The quantitative estimate of drug-likeness (QED) is 0.290. The predicted molar refractivity (Wildman–Crippen MR) is 86.2 cm³/mol. The van der Waals surface area contributed by atoms with E-state index < -0.39 is 32.5 Å². The van der Waals surface area contributed by atoms with Crippen LogP contribution in [0.25, 0.3) is 0 Å². The summed E-state index contributed by atoms with van der Waals surface area (Å²) >= 11 is 0.